The van der Waals surface area contributed by atoms with Gasteiger partial charge in [-0.1, -0.05) is 18.2 Å². The number of hydrazine groups is 1. The van der Waals surface area contributed by atoms with Gasteiger partial charge in [0.15, 0.2) is 0 Å². The maximum atomic E-state index is 12.0. The molecular formula is C17H18N4O2. The van der Waals surface area contributed by atoms with E-state index in [0.29, 0.717) is 0 Å². The molecule has 2 N–H and O–H groups in total. The Labute approximate surface area is 134 Å². The number of rotatable bonds is 3. The third kappa shape index (κ3) is 3.91. The molecule has 23 heavy (non-hydrogen) atoms. The predicted molar refractivity (Wildman–Crippen MR) is 84.4 cm³/mol. The number of amides is 2. The number of carbonyl (C=O) groups is 2. The van der Waals surface area contributed by atoms with Crippen molar-refractivity contribution in [3.63, 3.8) is 0 Å². The van der Waals surface area contributed by atoms with Crippen LogP contribution in [0.3, 0.4) is 0 Å². The van der Waals surface area contributed by atoms with Gasteiger partial charge in [-0.15, -0.1) is 0 Å². The summed E-state index contributed by atoms with van der Waals surface area (Å²) in [4.78, 5) is 31.4. The molecule has 0 atom stereocenters. The molecule has 0 unspecified atom stereocenters. The van der Waals surface area contributed by atoms with E-state index in [1.165, 1.54) is 42.6 Å². The van der Waals surface area contributed by atoms with Gasteiger partial charge in [0, 0.05) is 12.4 Å². The van der Waals surface area contributed by atoms with E-state index in [1.807, 2.05) is 6.07 Å². The second-order valence-electron chi connectivity index (χ2n) is 5.58. The largest absolute Gasteiger partial charge is 0.289 e. The van der Waals surface area contributed by atoms with Gasteiger partial charge in [-0.2, -0.15) is 0 Å². The van der Waals surface area contributed by atoms with Crippen molar-refractivity contribution in [1.82, 2.24) is 20.8 Å². The lowest BCUT2D eigenvalue weighted by molar-refractivity contribution is -0.121. The summed E-state index contributed by atoms with van der Waals surface area (Å²) in [5.74, 6) is -0.755. The molecule has 1 heterocycles. The fourth-order valence-corrected chi connectivity index (χ4v) is 2.73. The lowest BCUT2D eigenvalue weighted by atomic mass is 9.90. The van der Waals surface area contributed by atoms with Crippen LogP contribution in [-0.4, -0.2) is 21.8 Å². The van der Waals surface area contributed by atoms with Crippen molar-refractivity contribution in [3.05, 3.63) is 59.2 Å². The monoisotopic (exact) mass is 310 g/mol. The number of aryl methyl sites for hydroxylation is 2. The minimum atomic E-state index is -0.489. The second kappa shape index (κ2) is 7.00. The Balaban J connectivity index is 1.54. The van der Waals surface area contributed by atoms with Gasteiger partial charge in [0.1, 0.15) is 5.69 Å². The van der Waals surface area contributed by atoms with E-state index in [2.05, 4.69) is 33.0 Å². The maximum absolute atomic E-state index is 12.0. The SMILES string of the molecule is O=C(Cc1ccc2c(c1)CCCC2)NNC(=O)c1cnccn1. The minimum absolute atomic E-state index is 0.154. The third-order valence-corrected chi connectivity index (χ3v) is 3.89. The molecule has 0 aliphatic heterocycles. The quantitative estimate of drug-likeness (QED) is 0.838. The summed E-state index contributed by atoms with van der Waals surface area (Å²) in [6, 6.07) is 6.18. The van der Waals surface area contributed by atoms with Crippen molar-refractivity contribution in [2.75, 3.05) is 0 Å². The molecule has 118 valence electrons. The molecule has 3 rings (SSSR count). The molecule has 1 aromatic heterocycles. The number of nitrogens with one attached hydrogen (secondary N) is 2. The zero-order valence-corrected chi connectivity index (χ0v) is 12.7. The van der Waals surface area contributed by atoms with Gasteiger partial charge in [-0.3, -0.25) is 25.4 Å². The fraction of sp³-hybridized carbons (Fsp3) is 0.294. The molecule has 1 aliphatic rings. The van der Waals surface area contributed by atoms with E-state index in [-0.39, 0.29) is 18.0 Å². The Morgan fingerprint density at radius 2 is 1.87 bits per heavy atom. The van der Waals surface area contributed by atoms with Crippen molar-refractivity contribution in [3.8, 4) is 0 Å². The molecule has 0 spiro atoms. The average molecular weight is 310 g/mol. The van der Waals surface area contributed by atoms with E-state index in [1.54, 1.807) is 0 Å². The lowest BCUT2D eigenvalue weighted by Crippen LogP contribution is -2.42. The van der Waals surface area contributed by atoms with Crippen LogP contribution in [0.2, 0.25) is 0 Å². The molecule has 6 nitrogen and oxygen atoms in total. The first-order chi connectivity index (χ1) is 11.2. The van der Waals surface area contributed by atoms with Crippen LogP contribution in [0.15, 0.2) is 36.8 Å². The van der Waals surface area contributed by atoms with Crippen molar-refractivity contribution >= 4 is 11.8 Å². The summed E-state index contributed by atoms with van der Waals surface area (Å²) in [5.41, 5.74) is 8.58. The highest BCUT2D eigenvalue weighted by Gasteiger charge is 2.12. The molecule has 2 aromatic rings. The summed E-state index contributed by atoms with van der Waals surface area (Å²) in [6.07, 6.45) is 9.11. The minimum Gasteiger partial charge on any atom is -0.273 e. The number of benzene rings is 1. The first-order valence-electron chi connectivity index (χ1n) is 7.68. The Morgan fingerprint density at radius 3 is 2.65 bits per heavy atom. The summed E-state index contributed by atoms with van der Waals surface area (Å²) in [5, 5.41) is 0. The lowest BCUT2D eigenvalue weighted by Gasteiger charge is -2.16. The molecule has 0 bridgehead atoms. The van der Waals surface area contributed by atoms with Gasteiger partial charge in [0.25, 0.3) is 5.91 Å². The van der Waals surface area contributed by atoms with E-state index >= 15 is 0 Å². The van der Waals surface area contributed by atoms with Crippen LogP contribution >= 0.6 is 0 Å². The molecule has 6 heteroatoms. The number of hydrogen-bond acceptors (Lipinski definition) is 4. The van der Waals surface area contributed by atoms with Crippen LogP contribution in [0, 0.1) is 0 Å². The zero-order chi connectivity index (χ0) is 16.1. The first-order valence-corrected chi connectivity index (χ1v) is 7.68. The van der Waals surface area contributed by atoms with Gasteiger partial charge in [0.2, 0.25) is 5.91 Å². The fourth-order valence-electron chi connectivity index (χ4n) is 2.73. The Bertz CT molecular complexity index is 716. The highest BCUT2D eigenvalue weighted by atomic mass is 16.2. The van der Waals surface area contributed by atoms with E-state index in [0.717, 1.165) is 18.4 Å². The Hall–Kier alpha value is -2.76. The standard InChI is InChI=1S/C17H18N4O2/c22-16(20-21-17(23)15-11-18-7-8-19-15)10-12-5-6-13-3-1-2-4-14(13)9-12/h5-9,11H,1-4,10H2,(H,20,22)(H,21,23). The molecule has 1 aliphatic carbocycles. The van der Waals surface area contributed by atoms with Crippen molar-refractivity contribution in [2.24, 2.45) is 0 Å². The summed E-state index contributed by atoms with van der Waals surface area (Å²) in [6.45, 7) is 0. The van der Waals surface area contributed by atoms with Crippen LogP contribution < -0.4 is 10.9 Å². The average Bonchev–Trinajstić information content (AvgIpc) is 2.60. The molecule has 1 aromatic carbocycles. The van der Waals surface area contributed by atoms with Gasteiger partial charge in [0.05, 0.1) is 12.6 Å². The topological polar surface area (TPSA) is 84.0 Å². The molecule has 0 fully saturated rings. The van der Waals surface area contributed by atoms with Crippen LogP contribution in [0.1, 0.15) is 40.0 Å². The zero-order valence-electron chi connectivity index (χ0n) is 12.7. The van der Waals surface area contributed by atoms with Crippen LogP contribution in [0.4, 0.5) is 0 Å². The van der Waals surface area contributed by atoms with Crippen LogP contribution in [-0.2, 0) is 24.1 Å². The number of carbonyl (C=O) groups excluding carboxylic acids is 2. The number of nitrogens with zero attached hydrogens (tertiary/aromatic N) is 2. The van der Waals surface area contributed by atoms with Crippen molar-refractivity contribution < 1.29 is 9.59 Å². The van der Waals surface area contributed by atoms with Gasteiger partial charge < -0.3 is 0 Å². The predicted octanol–water partition coefficient (Wildman–Crippen LogP) is 1.36. The summed E-state index contributed by atoms with van der Waals surface area (Å²) in [7, 11) is 0. The Kier molecular flexibility index (Phi) is 4.61. The molecule has 0 radical (unpaired) electrons. The molecule has 0 saturated heterocycles. The normalized spacial score (nSPS) is 13.0. The van der Waals surface area contributed by atoms with Gasteiger partial charge >= 0.3 is 0 Å². The summed E-state index contributed by atoms with van der Waals surface area (Å²) >= 11 is 0. The van der Waals surface area contributed by atoms with Crippen molar-refractivity contribution in [1.29, 1.82) is 0 Å². The second-order valence-corrected chi connectivity index (χ2v) is 5.58. The van der Waals surface area contributed by atoms with E-state index < -0.39 is 5.91 Å². The highest BCUT2D eigenvalue weighted by Crippen LogP contribution is 2.22. The van der Waals surface area contributed by atoms with Crippen LogP contribution in [0.5, 0.6) is 0 Å². The Morgan fingerprint density at radius 1 is 1.04 bits per heavy atom. The van der Waals surface area contributed by atoms with E-state index in [4.69, 9.17) is 0 Å². The summed E-state index contributed by atoms with van der Waals surface area (Å²) < 4.78 is 0. The van der Waals surface area contributed by atoms with E-state index in [9.17, 15) is 9.59 Å². The highest BCUT2D eigenvalue weighted by molar-refractivity contribution is 5.93. The first kappa shape index (κ1) is 15.1. The smallest absolute Gasteiger partial charge is 0.273 e. The number of fused-ring (bicyclic) bond motifs is 1. The molecule has 0 saturated carbocycles. The van der Waals surface area contributed by atoms with Gasteiger partial charge in [-0.25, -0.2) is 4.98 Å². The van der Waals surface area contributed by atoms with Crippen molar-refractivity contribution in [2.45, 2.75) is 32.1 Å². The van der Waals surface area contributed by atoms with Crippen LogP contribution in [0.25, 0.3) is 0 Å². The number of hydrogen-bond donors (Lipinski definition) is 2. The number of aromatic nitrogens is 2. The molecular weight excluding hydrogens is 292 g/mol. The third-order valence-electron chi connectivity index (χ3n) is 3.89. The van der Waals surface area contributed by atoms with Gasteiger partial charge in [-0.05, 0) is 42.4 Å². The molecule has 2 amide bonds. The maximum Gasteiger partial charge on any atom is 0.289 e.